The molecule has 0 bridgehead atoms. The number of pyridine rings is 1. The van der Waals surface area contributed by atoms with Crippen LogP contribution in [0.2, 0.25) is 0 Å². The summed E-state index contributed by atoms with van der Waals surface area (Å²) >= 11 is 0. The van der Waals surface area contributed by atoms with Crippen LogP contribution in [-0.2, 0) is 6.42 Å². The second-order valence-electron chi connectivity index (χ2n) is 6.56. The van der Waals surface area contributed by atoms with E-state index in [-0.39, 0.29) is 0 Å². The van der Waals surface area contributed by atoms with Gasteiger partial charge in [0.05, 0.1) is 0 Å². The van der Waals surface area contributed by atoms with Gasteiger partial charge in [-0.25, -0.2) is 0 Å². The van der Waals surface area contributed by atoms with E-state index in [1.165, 1.54) is 22.3 Å². The van der Waals surface area contributed by atoms with Crippen LogP contribution in [0.1, 0.15) is 11.1 Å². The molecular formula is C24H18N2. The van der Waals surface area contributed by atoms with E-state index in [0.717, 1.165) is 23.5 Å². The summed E-state index contributed by atoms with van der Waals surface area (Å²) in [7, 11) is 0. The zero-order valence-electron chi connectivity index (χ0n) is 14.3. The molecular weight excluding hydrogens is 316 g/mol. The van der Waals surface area contributed by atoms with E-state index in [0.29, 0.717) is 0 Å². The number of aromatic nitrogens is 1. The summed E-state index contributed by atoms with van der Waals surface area (Å²) in [5, 5.41) is 0. The van der Waals surface area contributed by atoms with Crippen molar-refractivity contribution in [2.24, 2.45) is 0 Å². The molecule has 124 valence electrons. The number of benzene rings is 3. The Hall–Kier alpha value is -3.39. The van der Waals surface area contributed by atoms with Gasteiger partial charge >= 0.3 is 0 Å². The lowest BCUT2D eigenvalue weighted by Gasteiger charge is -2.26. The first-order valence-electron chi connectivity index (χ1n) is 8.86. The molecule has 1 heterocycles. The van der Waals surface area contributed by atoms with Gasteiger partial charge in [0.25, 0.3) is 0 Å². The van der Waals surface area contributed by atoms with E-state index < -0.39 is 0 Å². The van der Waals surface area contributed by atoms with Crippen LogP contribution in [0.5, 0.6) is 0 Å². The topological polar surface area (TPSA) is 16.1 Å². The Labute approximate surface area is 153 Å². The fourth-order valence-electron chi connectivity index (χ4n) is 3.73. The lowest BCUT2D eigenvalue weighted by Crippen LogP contribution is -2.09. The van der Waals surface area contributed by atoms with Crippen molar-refractivity contribution < 1.29 is 0 Å². The zero-order valence-corrected chi connectivity index (χ0v) is 14.3. The number of nitrogens with zero attached hydrogens (tertiary/aromatic N) is 2. The van der Waals surface area contributed by atoms with Gasteiger partial charge in [0.1, 0.15) is 0 Å². The Morgan fingerprint density at radius 2 is 1.27 bits per heavy atom. The fourth-order valence-corrected chi connectivity index (χ4v) is 3.73. The number of fused-ring (bicyclic) bond motifs is 3. The first-order valence-corrected chi connectivity index (χ1v) is 8.86. The number of para-hydroxylation sites is 2. The minimum Gasteiger partial charge on any atom is -0.310 e. The van der Waals surface area contributed by atoms with Gasteiger partial charge in [0.15, 0.2) is 0 Å². The standard InChI is InChI=1S/C24H18N2/c1-3-7-20(8-4-1)26(21-9-5-2-6-10-21)22-12-11-18-15-19-13-14-25-17-24(19)23(18)16-22/h1-14,16-17H,15H2. The third-order valence-electron chi connectivity index (χ3n) is 4.96. The van der Waals surface area contributed by atoms with Crippen LogP contribution in [0.15, 0.2) is 97.3 Å². The zero-order chi connectivity index (χ0) is 17.3. The van der Waals surface area contributed by atoms with Crippen LogP contribution in [0.4, 0.5) is 17.1 Å². The lowest BCUT2D eigenvalue weighted by atomic mass is 10.1. The highest BCUT2D eigenvalue weighted by Gasteiger charge is 2.20. The number of hydrogen-bond acceptors (Lipinski definition) is 2. The highest BCUT2D eigenvalue weighted by Crippen LogP contribution is 2.41. The van der Waals surface area contributed by atoms with Crippen molar-refractivity contribution in [1.82, 2.24) is 4.98 Å². The van der Waals surface area contributed by atoms with E-state index in [9.17, 15) is 0 Å². The lowest BCUT2D eigenvalue weighted by molar-refractivity contribution is 1.22. The monoisotopic (exact) mass is 334 g/mol. The molecule has 1 aliphatic rings. The van der Waals surface area contributed by atoms with Gasteiger partial charge < -0.3 is 4.90 Å². The maximum atomic E-state index is 4.33. The smallest absolute Gasteiger partial charge is 0.0468 e. The van der Waals surface area contributed by atoms with E-state index in [2.05, 4.69) is 94.8 Å². The van der Waals surface area contributed by atoms with E-state index >= 15 is 0 Å². The molecule has 4 aromatic rings. The van der Waals surface area contributed by atoms with Crippen LogP contribution in [0, 0.1) is 0 Å². The molecule has 0 amide bonds. The molecule has 2 nitrogen and oxygen atoms in total. The normalized spacial score (nSPS) is 11.7. The predicted molar refractivity (Wildman–Crippen MR) is 107 cm³/mol. The largest absolute Gasteiger partial charge is 0.310 e. The van der Waals surface area contributed by atoms with Gasteiger partial charge in [0.2, 0.25) is 0 Å². The van der Waals surface area contributed by atoms with Gasteiger partial charge in [-0.15, -0.1) is 0 Å². The summed E-state index contributed by atoms with van der Waals surface area (Å²) in [6.45, 7) is 0. The summed E-state index contributed by atoms with van der Waals surface area (Å²) in [4.78, 5) is 6.63. The minimum atomic E-state index is 0.990. The van der Waals surface area contributed by atoms with Crippen LogP contribution >= 0.6 is 0 Å². The Kier molecular flexibility index (Phi) is 3.53. The van der Waals surface area contributed by atoms with Crippen LogP contribution in [0.25, 0.3) is 11.1 Å². The minimum absolute atomic E-state index is 0.990. The number of rotatable bonds is 3. The van der Waals surface area contributed by atoms with Gasteiger partial charge in [0, 0.05) is 35.0 Å². The second kappa shape index (κ2) is 6.16. The van der Waals surface area contributed by atoms with Gasteiger partial charge in [-0.05, 0) is 65.6 Å². The molecule has 0 atom stereocenters. The fraction of sp³-hybridized carbons (Fsp3) is 0.0417. The molecule has 2 heteroatoms. The average Bonchev–Trinajstić information content (AvgIpc) is 3.08. The molecule has 0 spiro atoms. The van der Waals surface area contributed by atoms with Crippen molar-refractivity contribution >= 4 is 17.1 Å². The molecule has 1 aliphatic carbocycles. The molecule has 0 radical (unpaired) electrons. The molecule has 0 N–H and O–H groups in total. The predicted octanol–water partition coefficient (Wildman–Crippen LogP) is 6.12. The molecule has 26 heavy (non-hydrogen) atoms. The molecule has 0 aliphatic heterocycles. The third-order valence-corrected chi connectivity index (χ3v) is 4.96. The summed E-state index contributed by atoms with van der Waals surface area (Å²) < 4.78 is 0. The number of hydrogen-bond donors (Lipinski definition) is 0. The van der Waals surface area contributed by atoms with Crippen LogP contribution in [-0.4, -0.2) is 4.98 Å². The van der Waals surface area contributed by atoms with E-state index in [1.54, 1.807) is 0 Å². The molecule has 0 unspecified atom stereocenters. The van der Waals surface area contributed by atoms with E-state index in [4.69, 9.17) is 0 Å². The quantitative estimate of drug-likeness (QED) is 0.395. The second-order valence-corrected chi connectivity index (χ2v) is 6.56. The maximum absolute atomic E-state index is 4.33. The van der Waals surface area contributed by atoms with Gasteiger partial charge in [-0.2, -0.15) is 0 Å². The van der Waals surface area contributed by atoms with Crippen molar-refractivity contribution in [1.29, 1.82) is 0 Å². The first kappa shape index (κ1) is 14.9. The SMILES string of the molecule is c1ccc(N(c2ccccc2)c2ccc3c(c2)-c2cnccc2C3)cc1. The summed E-state index contributed by atoms with van der Waals surface area (Å²) in [6, 6.07) is 29.9. The summed E-state index contributed by atoms with van der Waals surface area (Å²) in [5.41, 5.74) is 8.76. The molecule has 0 saturated heterocycles. The van der Waals surface area contributed by atoms with E-state index in [1.807, 2.05) is 12.4 Å². The first-order chi connectivity index (χ1) is 12.9. The molecule has 1 aromatic heterocycles. The van der Waals surface area contributed by atoms with Crippen LogP contribution in [0.3, 0.4) is 0 Å². The maximum Gasteiger partial charge on any atom is 0.0468 e. The number of anilines is 3. The summed E-state index contributed by atoms with van der Waals surface area (Å²) in [6.07, 6.45) is 4.86. The van der Waals surface area contributed by atoms with Crippen molar-refractivity contribution in [2.75, 3.05) is 4.90 Å². The molecule has 3 aromatic carbocycles. The Morgan fingerprint density at radius 1 is 0.615 bits per heavy atom. The Balaban J connectivity index is 1.68. The van der Waals surface area contributed by atoms with Crippen molar-refractivity contribution in [2.45, 2.75) is 6.42 Å². The van der Waals surface area contributed by atoms with Crippen molar-refractivity contribution in [3.63, 3.8) is 0 Å². The average molecular weight is 334 g/mol. The van der Waals surface area contributed by atoms with Gasteiger partial charge in [-0.1, -0.05) is 42.5 Å². The van der Waals surface area contributed by atoms with Crippen LogP contribution < -0.4 is 4.90 Å². The van der Waals surface area contributed by atoms with Gasteiger partial charge in [-0.3, -0.25) is 4.98 Å². The molecule has 0 saturated carbocycles. The highest BCUT2D eigenvalue weighted by molar-refractivity contribution is 5.83. The highest BCUT2D eigenvalue weighted by atomic mass is 15.1. The third kappa shape index (κ3) is 2.47. The van der Waals surface area contributed by atoms with Crippen molar-refractivity contribution in [3.05, 3.63) is 108 Å². The summed E-state index contributed by atoms with van der Waals surface area (Å²) in [5.74, 6) is 0. The Morgan fingerprint density at radius 3 is 1.96 bits per heavy atom. The van der Waals surface area contributed by atoms with Crippen molar-refractivity contribution in [3.8, 4) is 11.1 Å². The Bertz CT molecular complexity index is 1020. The molecule has 0 fully saturated rings. The molecule has 5 rings (SSSR count).